The number of anilines is 1. The van der Waals surface area contributed by atoms with Gasteiger partial charge in [-0.3, -0.25) is 4.72 Å². The van der Waals surface area contributed by atoms with Crippen LogP contribution in [-0.4, -0.2) is 8.42 Å². The highest BCUT2D eigenvalue weighted by molar-refractivity contribution is 9.10. The Labute approximate surface area is 145 Å². The number of sulfonamides is 1. The maximum Gasteiger partial charge on any atom is 0.263 e. The van der Waals surface area contributed by atoms with Gasteiger partial charge in [-0.15, -0.1) is 0 Å². The molecule has 2 aromatic rings. The van der Waals surface area contributed by atoms with E-state index in [9.17, 15) is 8.42 Å². The predicted octanol–water partition coefficient (Wildman–Crippen LogP) is 4.12. The van der Waals surface area contributed by atoms with Crippen LogP contribution in [0.5, 0.6) is 0 Å². The van der Waals surface area contributed by atoms with E-state index in [2.05, 4.69) is 36.6 Å². The summed E-state index contributed by atoms with van der Waals surface area (Å²) in [5, 5.41) is 0.421. The van der Waals surface area contributed by atoms with Gasteiger partial charge in [0, 0.05) is 15.5 Å². The summed E-state index contributed by atoms with van der Waals surface area (Å²) in [7, 11) is -3.73. The minimum absolute atomic E-state index is 0.129. The first-order chi connectivity index (χ1) is 9.83. The highest BCUT2D eigenvalue weighted by Gasteiger charge is 2.18. The number of nitrogens with two attached hydrogens (primary N) is 1. The fourth-order valence-corrected chi connectivity index (χ4v) is 4.14. The summed E-state index contributed by atoms with van der Waals surface area (Å²) in [4.78, 5) is 0.129. The second kappa shape index (κ2) is 6.66. The first-order valence-corrected chi connectivity index (χ1v) is 9.24. The number of rotatable bonds is 4. The van der Waals surface area contributed by atoms with E-state index < -0.39 is 10.0 Å². The van der Waals surface area contributed by atoms with Crippen molar-refractivity contribution in [1.29, 1.82) is 0 Å². The molecule has 0 bridgehead atoms. The predicted molar refractivity (Wildman–Crippen MR) is 92.0 cm³/mol. The molecular weight excluding hydrogens is 443 g/mol. The molecule has 0 amide bonds. The van der Waals surface area contributed by atoms with E-state index in [0.717, 1.165) is 5.56 Å². The van der Waals surface area contributed by atoms with Gasteiger partial charge >= 0.3 is 0 Å². The van der Waals surface area contributed by atoms with E-state index in [1.807, 2.05) is 0 Å². The van der Waals surface area contributed by atoms with Crippen LogP contribution >= 0.6 is 43.5 Å². The molecule has 0 fully saturated rings. The van der Waals surface area contributed by atoms with Crippen LogP contribution in [0.2, 0.25) is 5.02 Å². The molecule has 21 heavy (non-hydrogen) atoms. The number of halogens is 3. The Hall–Kier alpha value is -0.600. The van der Waals surface area contributed by atoms with Crippen molar-refractivity contribution in [2.75, 3.05) is 4.72 Å². The van der Waals surface area contributed by atoms with Crippen LogP contribution in [0.15, 0.2) is 50.2 Å². The number of nitrogens with one attached hydrogen (secondary N) is 1. The Balaban J connectivity index is 2.40. The molecule has 0 aliphatic rings. The first-order valence-electron chi connectivity index (χ1n) is 5.80. The van der Waals surface area contributed by atoms with Crippen LogP contribution < -0.4 is 10.5 Å². The Bertz CT molecular complexity index is 782. The van der Waals surface area contributed by atoms with Gasteiger partial charge in [-0.05, 0) is 67.8 Å². The zero-order valence-corrected chi connectivity index (χ0v) is 15.4. The van der Waals surface area contributed by atoms with Crippen LogP contribution in [0.4, 0.5) is 5.69 Å². The van der Waals surface area contributed by atoms with Crippen LogP contribution in [-0.2, 0) is 16.6 Å². The van der Waals surface area contributed by atoms with Gasteiger partial charge in [-0.2, -0.15) is 0 Å². The van der Waals surface area contributed by atoms with E-state index in [0.29, 0.717) is 19.7 Å². The Morgan fingerprint density at radius 2 is 1.76 bits per heavy atom. The average molecular weight is 455 g/mol. The fourth-order valence-electron chi connectivity index (χ4n) is 1.65. The summed E-state index contributed by atoms with van der Waals surface area (Å²) in [6.07, 6.45) is 0. The molecule has 0 radical (unpaired) electrons. The lowest BCUT2D eigenvalue weighted by Crippen LogP contribution is -2.14. The van der Waals surface area contributed by atoms with Gasteiger partial charge in [0.15, 0.2) is 0 Å². The smallest absolute Gasteiger partial charge is 0.263 e. The summed E-state index contributed by atoms with van der Waals surface area (Å²) in [5.41, 5.74) is 6.66. The monoisotopic (exact) mass is 452 g/mol. The molecule has 0 atom stereocenters. The maximum atomic E-state index is 12.5. The molecule has 112 valence electrons. The molecule has 0 aliphatic heterocycles. The van der Waals surface area contributed by atoms with Crippen LogP contribution in [0.25, 0.3) is 0 Å². The molecule has 2 aromatic carbocycles. The largest absolute Gasteiger partial charge is 0.326 e. The number of hydrogen-bond donors (Lipinski definition) is 2. The Morgan fingerprint density at radius 1 is 1.10 bits per heavy atom. The van der Waals surface area contributed by atoms with E-state index in [4.69, 9.17) is 17.3 Å². The van der Waals surface area contributed by atoms with Crippen LogP contribution in [0, 0.1) is 0 Å². The van der Waals surface area contributed by atoms with Crippen molar-refractivity contribution < 1.29 is 8.42 Å². The van der Waals surface area contributed by atoms with Gasteiger partial charge in [0.25, 0.3) is 10.0 Å². The average Bonchev–Trinajstić information content (AvgIpc) is 2.43. The molecule has 3 N–H and O–H groups in total. The van der Waals surface area contributed by atoms with Crippen molar-refractivity contribution in [3.05, 3.63) is 55.9 Å². The molecule has 8 heteroatoms. The lowest BCUT2D eigenvalue weighted by atomic mass is 10.2. The quantitative estimate of drug-likeness (QED) is 0.730. The summed E-state index contributed by atoms with van der Waals surface area (Å²) in [6.45, 7) is 0.264. The minimum Gasteiger partial charge on any atom is -0.326 e. The summed E-state index contributed by atoms with van der Waals surface area (Å²) in [5.74, 6) is 0. The molecule has 0 aromatic heterocycles. The second-order valence-corrected chi connectivity index (χ2v) is 7.97. The molecular formula is C13H11Br2ClN2O2S. The zero-order valence-electron chi connectivity index (χ0n) is 10.6. The Morgan fingerprint density at radius 3 is 2.38 bits per heavy atom. The summed E-state index contributed by atoms with van der Waals surface area (Å²) in [6, 6.07) is 9.78. The van der Waals surface area contributed by atoms with Crippen molar-refractivity contribution in [3.63, 3.8) is 0 Å². The van der Waals surface area contributed by atoms with Gasteiger partial charge in [-0.25, -0.2) is 8.42 Å². The molecule has 0 saturated heterocycles. The standard InChI is InChI=1S/C13H11Br2ClN2O2S/c14-10-4-2-9(6-12(10)16)18-21(19,20)13-5-8(7-17)1-3-11(13)15/h1-6,18H,7,17H2. The second-order valence-electron chi connectivity index (χ2n) is 4.20. The zero-order chi connectivity index (χ0) is 15.6. The first kappa shape index (κ1) is 16.8. The number of benzene rings is 2. The topological polar surface area (TPSA) is 72.2 Å². The van der Waals surface area contributed by atoms with Crippen molar-refractivity contribution in [2.24, 2.45) is 5.73 Å². The van der Waals surface area contributed by atoms with Gasteiger partial charge in [0.1, 0.15) is 4.90 Å². The van der Waals surface area contributed by atoms with Crippen LogP contribution in [0.1, 0.15) is 5.56 Å². The normalized spacial score (nSPS) is 11.4. The highest BCUT2D eigenvalue weighted by atomic mass is 79.9. The molecule has 2 rings (SSSR count). The van der Waals surface area contributed by atoms with Gasteiger partial charge in [0.05, 0.1) is 10.7 Å². The molecule has 0 heterocycles. The highest BCUT2D eigenvalue weighted by Crippen LogP contribution is 2.29. The third-order valence-corrected chi connectivity index (χ3v) is 6.30. The third-order valence-electron chi connectivity index (χ3n) is 2.69. The fraction of sp³-hybridized carbons (Fsp3) is 0.0769. The van der Waals surface area contributed by atoms with Crippen molar-refractivity contribution in [3.8, 4) is 0 Å². The SMILES string of the molecule is NCc1ccc(Br)c(S(=O)(=O)Nc2ccc(Br)c(Cl)c2)c1. The van der Waals surface area contributed by atoms with E-state index in [1.54, 1.807) is 24.3 Å². The molecule has 0 aliphatic carbocycles. The van der Waals surface area contributed by atoms with Gasteiger partial charge < -0.3 is 5.73 Å². The molecule has 4 nitrogen and oxygen atoms in total. The van der Waals surface area contributed by atoms with E-state index in [-0.39, 0.29) is 11.4 Å². The maximum absolute atomic E-state index is 12.5. The van der Waals surface area contributed by atoms with E-state index in [1.165, 1.54) is 12.1 Å². The summed E-state index contributed by atoms with van der Waals surface area (Å²) < 4.78 is 28.6. The van der Waals surface area contributed by atoms with Crippen LogP contribution in [0.3, 0.4) is 0 Å². The number of hydrogen-bond acceptors (Lipinski definition) is 3. The molecule has 0 spiro atoms. The Kier molecular flexibility index (Phi) is 5.32. The molecule has 0 unspecified atom stereocenters. The van der Waals surface area contributed by atoms with Crippen molar-refractivity contribution in [2.45, 2.75) is 11.4 Å². The van der Waals surface area contributed by atoms with Gasteiger partial charge in [-0.1, -0.05) is 17.7 Å². The minimum atomic E-state index is -3.73. The summed E-state index contributed by atoms with van der Waals surface area (Å²) >= 11 is 12.5. The van der Waals surface area contributed by atoms with Gasteiger partial charge in [0.2, 0.25) is 0 Å². The van der Waals surface area contributed by atoms with Crippen molar-refractivity contribution in [1.82, 2.24) is 0 Å². The third kappa shape index (κ3) is 3.98. The van der Waals surface area contributed by atoms with E-state index >= 15 is 0 Å². The van der Waals surface area contributed by atoms with Crippen molar-refractivity contribution >= 4 is 59.2 Å². The lowest BCUT2D eigenvalue weighted by molar-refractivity contribution is 0.600. The lowest BCUT2D eigenvalue weighted by Gasteiger charge is -2.11. The molecule has 0 saturated carbocycles.